The smallest absolute Gasteiger partial charge is 0.414 e. The van der Waals surface area contributed by atoms with Crippen LogP contribution in [0.4, 0.5) is 19.7 Å². The van der Waals surface area contributed by atoms with Crippen LogP contribution in [0.3, 0.4) is 0 Å². The molecule has 36 heavy (non-hydrogen) atoms. The van der Waals surface area contributed by atoms with Gasteiger partial charge in [0.15, 0.2) is 11.6 Å². The quantitative estimate of drug-likeness (QED) is 0.563. The molecule has 2 saturated heterocycles. The summed E-state index contributed by atoms with van der Waals surface area (Å²) >= 11 is 0. The minimum Gasteiger partial charge on any atom is -0.487 e. The Balaban J connectivity index is 1.30. The Morgan fingerprint density at radius 3 is 2.72 bits per heavy atom. The van der Waals surface area contributed by atoms with Crippen molar-refractivity contribution in [3.8, 4) is 5.75 Å². The number of nitrogens with zero attached hydrogens (tertiary/aromatic N) is 2. The zero-order valence-corrected chi connectivity index (χ0v) is 19.8. The van der Waals surface area contributed by atoms with E-state index in [9.17, 15) is 23.9 Å². The van der Waals surface area contributed by atoms with Crippen molar-refractivity contribution < 1.29 is 38.1 Å². The number of anilines is 1. The molecule has 0 spiro atoms. The number of likely N-dealkylation sites (tertiary alicyclic amines) is 1. The Morgan fingerprint density at radius 2 is 2.03 bits per heavy atom. The summed E-state index contributed by atoms with van der Waals surface area (Å²) in [5.41, 5.74) is 5.46. The summed E-state index contributed by atoms with van der Waals surface area (Å²) in [6, 6.07) is 12.2. The Hall–Kier alpha value is -3.70. The van der Waals surface area contributed by atoms with Crippen LogP contribution < -0.4 is 15.4 Å². The highest BCUT2D eigenvalue weighted by molar-refractivity contribution is 5.91. The van der Waals surface area contributed by atoms with Crippen molar-refractivity contribution >= 4 is 23.7 Å². The summed E-state index contributed by atoms with van der Waals surface area (Å²) in [4.78, 5) is 38.6. The fourth-order valence-electron chi connectivity index (χ4n) is 4.07. The monoisotopic (exact) mass is 501 g/mol. The largest absolute Gasteiger partial charge is 0.487 e. The number of nitrogens with two attached hydrogens (primary N) is 1. The summed E-state index contributed by atoms with van der Waals surface area (Å²) < 4.78 is 30.7. The molecule has 3 atom stereocenters. The number of Topliss-reactive ketones (excluding diaryl/α,β-unsaturated/α-hetero) is 1. The average Bonchev–Trinajstić information content (AvgIpc) is 3.45. The molecule has 2 amide bonds. The number of rotatable bonds is 8. The molecule has 11 heteroatoms. The van der Waals surface area contributed by atoms with Gasteiger partial charge in [-0.3, -0.25) is 9.69 Å². The molecule has 0 aromatic heterocycles. The van der Waals surface area contributed by atoms with Crippen LogP contribution in [0.25, 0.3) is 0 Å². The summed E-state index contributed by atoms with van der Waals surface area (Å²) in [5, 5.41) is 10.8. The van der Waals surface area contributed by atoms with E-state index in [4.69, 9.17) is 19.9 Å². The lowest BCUT2D eigenvalue weighted by Crippen LogP contribution is -2.43. The van der Waals surface area contributed by atoms with E-state index in [0.717, 1.165) is 11.6 Å². The van der Waals surface area contributed by atoms with Gasteiger partial charge in [0, 0.05) is 12.6 Å². The van der Waals surface area contributed by atoms with Crippen LogP contribution in [0.1, 0.15) is 18.9 Å². The topological polar surface area (TPSA) is 132 Å². The van der Waals surface area contributed by atoms with Crippen molar-refractivity contribution in [2.45, 2.75) is 37.7 Å². The lowest BCUT2D eigenvalue weighted by molar-refractivity contribution is -0.120. The number of cyclic esters (lactones) is 1. The van der Waals surface area contributed by atoms with E-state index in [1.165, 1.54) is 28.9 Å². The van der Waals surface area contributed by atoms with E-state index in [1.54, 1.807) is 0 Å². The average molecular weight is 502 g/mol. The van der Waals surface area contributed by atoms with Gasteiger partial charge in [-0.2, -0.15) is 0 Å². The van der Waals surface area contributed by atoms with Crippen LogP contribution in [0.5, 0.6) is 5.75 Å². The first-order chi connectivity index (χ1) is 17.1. The van der Waals surface area contributed by atoms with Gasteiger partial charge in [0.25, 0.3) is 0 Å². The van der Waals surface area contributed by atoms with Crippen molar-refractivity contribution in [3.63, 3.8) is 0 Å². The standard InChI is InChI=1S/C25H28FN3O7/c1-16(30)22(27)21-12-29(24(32)36-21)18-7-8-20(19(26)11-18)35-15-25(33)9-10-28(14-25)23(31)34-13-17-5-3-2-4-6-17/h2-8,11,21-22,33H,9-10,12-15,27H2,1H3/t21-,22?,25?/m0/s1. The number of hydrogen-bond acceptors (Lipinski definition) is 8. The number of β-amino-alcohol motifs (C(OH)–C–C–N with tert-alkyl or cyclic N) is 1. The lowest BCUT2D eigenvalue weighted by atomic mass is 10.1. The molecule has 2 aliphatic rings. The normalized spacial score (nSPS) is 22.3. The fraction of sp³-hybridized carbons (Fsp3) is 0.400. The molecule has 2 unspecified atom stereocenters. The third kappa shape index (κ3) is 5.74. The van der Waals surface area contributed by atoms with E-state index in [1.807, 2.05) is 30.3 Å². The molecule has 0 bridgehead atoms. The SMILES string of the molecule is CC(=O)C(N)[C@@H]1CN(c2ccc(OCC3(O)CCN(C(=O)OCc4ccccc4)C3)c(F)c2)C(=O)O1. The highest BCUT2D eigenvalue weighted by atomic mass is 19.1. The molecule has 2 fully saturated rings. The Kier molecular flexibility index (Phi) is 7.41. The molecule has 4 rings (SSSR count). The molecular formula is C25H28FN3O7. The molecule has 0 aliphatic carbocycles. The van der Waals surface area contributed by atoms with Crippen LogP contribution in [0, 0.1) is 5.82 Å². The summed E-state index contributed by atoms with van der Waals surface area (Å²) in [7, 11) is 0. The second-order valence-corrected chi connectivity index (χ2v) is 9.01. The zero-order valence-electron chi connectivity index (χ0n) is 19.8. The van der Waals surface area contributed by atoms with Gasteiger partial charge in [-0.15, -0.1) is 0 Å². The first kappa shape index (κ1) is 25.4. The second kappa shape index (κ2) is 10.5. The predicted octanol–water partition coefficient (Wildman–Crippen LogP) is 2.22. The number of benzene rings is 2. The fourth-order valence-corrected chi connectivity index (χ4v) is 4.07. The van der Waals surface area contributed by atoms with Crippen LogP contribution in [0.15, 0.2) is 48.5 Å². The first-order valence-electron chi connectivity index (χ1n) is 11.5. The molecule has 2 heterocycles. The Morgan fingerprint density at radius 1 is 1.28 bits per heavy atom. The summed E-state index contributed by atoms with van der Waals surface area (Å²) in [5.74, 6) is -1.19. The summed E-state index contributed by atoms with van der Waals surface area (Å²) in [6.45, 7) is 1.45. The van der Waals surface area contributed by atoms with Crippen LogP contribution in [0.2, 0.25) is 0 Å². The van der Waals surface area contributed by atoms with Gasteiger partial charge in [0.05, 0.1) is 18.8 Å². The van der Waals surface area contributed by atoms with Crippen molar-refractivity contribution in [1.29, 1.82) is 0 Å². The van der Waals surface area contributed by atoms with E-state index < -0.39 is 35.8 Å². The molecule has 2 aromatic rings. The maximum atomic E-state index is 14.7. The molecule has 192 valence electrons. The molecule has 2 aliphatic heterocycles. The minimum absolute atomic E-state index is 0.00911. The number of aliphatic hydroxyl groups is 1. The highest BCUT2D eigenvalue weighted by Gasteiger charge is 2.40. The van der Waals surface area contributed by atoms with Gasteiger partial charge < -0.3 is 30.0 Å². The second-order valence-electron chi connectivity index (χ2n) is 9.01. The van der Waals surface area contributed by atoms with Gasteiger partial charge in [0.2, 0.25) is 0 Å². The predicted molar refractivity (Wildman–Crippen MR) is 126 cm³/mol. The molecule has 3 N–H and O–H groups in total. The van der Waals surface area contributed by atoms with Gasteiger partial charge in [-0.05, 0) is 31.0 Å². The summed E-state index contributed by atoms with van der Waals surface area (Å²) in [6.07, 6.45) is -1.87. The van der Waals surface area contributed by atoms with E-state index in [-0.39, 0.29) is 56.5 Å². The van der Waals surface area contributed by atoms with E-state index in [2.05, 4.69) is 0 Å². The van der Waals surface area contributed by atoms with Gasteiger partial charge in [-0.1, -0.05) is 30.3 Å². The number of carbonyl (C=O) groups is 3. The van der Waals surface area contributed by atoms with E-state index >= 15 is 0 Å². The number of amides is 2. The number of hydrogen-bond donors (Lipinski definition) is 2. The van der Waals surface area contributed by atoms with Gasteiger partial charge >= 0.3 is 12.2 Å². The van der Waals surface area contributed by atoms with Gasteiger partial charge in [-0.25, -0.2) is 14.0 Å². The van der Waals surface area contributed by atoms with Crippen molar-refractivity contribution in [2.24, 2.45) is 5.73 Å². The number of carbonyl (C=O) groups excluding carboxylic acids is 3. The molecule has 2 aromatic carbocycles. The number of ketones is 1. The van der Waals surface area contributed by atoms with Crippen LogP contribution >= 0.6 is 0 Å². The Bertz CT molecular complexity index is 1130. The molecular weight excluding hydrogens is 473 g/mol. The van der Waals surface area contributed by atoms with Crippen molar-refractivity contribution in [2.75, 3.05) is 31.1 Å². The lowest BCUT2D eigenvalue weighted by Gasteiger charge is -2.24. The molecule has 0 saturated carbocycles. The minimum atomic E-state index is -1.37. The maximum absolute atomic E-state index is 14.7. The maximum Gasteiger partial charge on any atom is 0.414 e. The van der Waals surface area contributed by atoms with Crippen LogP contribution in [-0.2, 0) is 20.9 Å². The van der Waals surface area contributed by atoms with E-state index in [0.29, 0.717) is 0 Å². The van der Waals surface area contributed by atoms with Crippen molar-refractivity contribution in [3.05, 3.63) is 59.9 Å². The third-order valence-electron chi connectivity index (χ3n) is 6.22. The molecule has 0 radical (unpaired) electrons. The van der Waals surface area contributed by atoms with Crippen molar-refractivity contribution in [1.82, 2.24) is 4.90 Å². The number of ether oxygens (including phenoxy) is 3. The van der Waals surface area contributed by atoms with Gasteiger partial charge in [0.1, 0.15) is 36.7 Å². The third-order valence-corrected chi connectivity index (χ3v) is 6.22. The Labute approximate surface area is 207 Å². The zero-order chi connectivity index (χ0) is 25.9. The number of halogens is 1. The van der Waals surface area contributed by atoms with Crippen LogP contribution in [-0.4, -0.2) is 72.0 Å². The molecule has 10 nitrogen and oxygen atoms in total. The first-order valence-corrected chi connectivity index (χ1v) is 11.5. The highest BCUT2D eigenvalue weighted by Crippen LogP contribution is 2.29.